The molecule has 1 aliphatic heterocycles. The van der Waals surface area contributed by atoms with Crippen LogP contribution in [-0.2, 0) is 6.54 Å². The number of likely N-dealkylation sites (tertiary alicyclic amines) is 1. The molecule has 0 amide bonds. The first kappa shape index (κ1) is 23.2. The number of piperidine rings is 1. The highest BCUT2D eigenvalue weighted by atomic mass is 127. The Balaban J connectivity index is 0.00000338. The van der Waals surface area contributed by atoms with Gasteiger partial charge in [-0.1, -0.05) is 6.42 Å². The molecule has 0 aliphatic carbocycles. The van der Waals surface area contributed by atoms with E-state index in [0.29, 0.717) is 0 Å². The lowest BCUT2D eigenvalue weighted by molar-refractivity contribution is 0.159. The summed E-state index contributed by atoms with van der Waals surface area (Å²) in [4.78, 5) is 6.93. The van der Waals surface area contributed by atoms with Gasteiger partial charge in [-0.25, -0.2) is 0 Å². The van der Waals surface area contributed by atoms with E-state index in [1.165, 1.54) is 38.0 Å². The number of aliphatic imine (C=N–C) groups is 1. The van der Waals surface area contributed by atoms with Crippen molar-refractivity contribution in [1.29, 1.82) is 0 Å². The van der Waals surface area contributed by atoms with Crippen LogP contribution < -0.4 is 10.6 Å². The molecule has 2 N–H and O–H groups in total. The van der Waals surface area contributed by atoms with Gasteiger partial charge in [0.25, 0.3) is 0 Å². The number of aromatic nitrogens is 2. The molecule has 1 saturated heterocycles. The van der Waals surface area contributed by atoms with E-state index in [2.05, 4.69) is 50.2 Å². The first-order chi connectivity index (χ1) is 12.1. The number of hydrogen-bond donors (Lipinski definition) is 2. The van der Waals surface area contributed by atoms with Gasteiger partial charge in [-0.2, -0.15) is 5.10 Å². The fraction of sp³-hybridized carbons (Fsp3) is 0.789. The molecule has 26 heavy (non-hydrogen) atoms. The average molecular weight is 476 g/mol. The Morgan fingerprint density at radius 2 is 1.88 bits per heavy atom. The normalized spacial score (nSPS) is 18.5. The van der Waals surface area contributed by atoms with Gasteiger partial charge < -0.3 is 15.5 Å². The van der Waals surface area contributed by atoms with E-state index in [0.717, 1.165) is 50.2 Å². The monoisotopic (exact) mass is 476 g/mol. The molecule has 0 saturated carbocycles. The van der Waals surface area contributed by atoms with Crippen LogP contribution in [0.2, 0.25) is 0 Å². The van der Waals surface area contributed by atoms with Crippen LogP contribution in [0.3, 0.4) is 0 Å². The third kappa shape index (κ3) is 7.82. The van der Waals surface area contributed by atoms with Crippen LogP contribution in [0.15, 0.2) is 11.1 Å². The average Bonchev–Trinajstić information content (AvgIpc) is 2.92. The Morgan fingerprint density at radius 1 is 1.19 bits per heavy atom. The van der Waals surface area contributed by atoms with Crippen molar-refractivity contribution >= 4 is 29.9 Å². The summed E-state index contributed by atoms with van der Waals surface area (Å²) in [5.74, 6) is 0.903. The van der Waals surface area contributed by atoms with Gasteiger partial charge in [-0.15, -0.1) is 24.0 Å². The van der Waals surface area contributed by atoms with Crippen LogP contribution in [0.25, 0.3) is 0 Å². The SMILES string of the molecule is CN=C(NCCCN1CCCCC1C)NCCCn1nc(C)cc1C.I. The van der Waals surface area contributed by atoms with E-state index < -0.39 is 0 Å². The highest BCUT2D eigenvalue weighted by molar-refractivity contribution is 14.0. The molecule has 2 heterocycles. The molecular weight excluding hydrogens is 439 g/mol. The quantitative estimate of drug-likeness (QED) is 0.262. The summed E-state index contributed by atoms with van der Waals surface area (Å²) in [7, 11) is 1.84. The second-order valence-corrected chi connectivity index (χ2v) is 7.16. The zero-order chi connectivity index (χ0) is 18.1. The van der Waals surface area contributed by atoms with Crippen LogP contribution in [0.5, 0.6) is 0 Å². The van der Waals surface area contributed by atoms with Crippen molar-refractivity contribution in [2.24, 2.45) is 4.99 Å². The van der Waals surface area contributed by atoms with Crippen LogP contribution in [-0.4, -0.2) is 59.9 Å². The molecular formula is C19H37IN6. The lowest BCUT2D eigenvalue weighted by Crippen LogP contribution is -2.41. The van der Waals surface area contributed by atoms with E-state index in [4.69, 9.17) is 0 Å². The van der Waals surface area contributed by atoms with Crippen molar-refractivity contribution < 1.29 is 0 Å². The molecule has 2 rings (SSSR count). The minimum Gasteiger partial charge on any atom is -0.356 e. The molecule has 1 aliphatic rings. The minimum absolute atomic E-state index is 0. The predicted molar refractivity (Wildman–Crippen MR) is 121 cm³/mol. The summed E-state index contributed by atoms with van der Waals surface area (Å²) in [5.41, 5.74) is 2.32. The maximum Gasteiger partial charge on any atom is 0.190 e. The van der Waals surface area contributed by atoms with E-state index in [9.17, 15) is 0 Å². The van der Waals surface area contributed by atoms with Gasteiger partial charge in [0.05, 0.1) is 5.69 Å². The Morgan fingerprint density at radius 3 is 2.46 bits per heavy atom. The Kier molecular flexibility index (Phi) is 11.2. The second kappa shape index (κ2) is 12.5. The lowest BCUT2D eigenvalue weighted by Gasteiger charge is -2.33. The first-order valence-electron chi connectivity index (χ1n) is 9.79. The molecule has 1 aromatic rings. The Hall–Kier alpha value is -0.830. The molecule has 0 spiro atoms. The summed E-state index contributed by atoms with van der Waals surface area (Å²) in [6.45, 7) is 11.8. The number of nitrogens with one attached hydrogen (secondary N) is 2. The summed E-state index contributed by atoms with van der Waals surface area (Å²) in [5, 5.41) is 11.3. The van der Waals surface area contributed by atoms with Crippen LogP contribution in [0, 0.1) is 13.8 Å². The minimum atomic E-state index is 0. The van der Waals surface area contributed by atoms with Crippen molar-refractivity contribution in [3.63, 3.8) is 0 Å². The molecule has 0 aromatic carbocycles. The molecule has 1 unspecified atom stereocenters. The largest absolute Gasteiger partial charge is 0.356 e. The molecule has 7 heteroatoms. The van der Waals surface area contributed by atoms with Crippen molar-refractivity contribution in [3.8, 4) is 0 Å². The topological polar surface area (TPSA) is 57.5 Å². The molecule has 0 radical (unpaired) electrons. The number of halogens is 1. The maximum absolute atomic E-state index is 4.50. The number of rotatable bonds is 8. The number of guanidine groups is 1. The molecule has 1 aromatic heterocycles. The first-order valence-corrected chi connectivity index (χ1v) is 9.79. The van der Waals surface area contributed by atoms with Crippen molar-refractivity contribution in [3.05, 3.63) is 17.5 Å². The van der Waals surface area contributed by atoms with Crippen molar-refractivity contribution in [2.75, 3.05) is 33.2 Å². The second-order valence-electron chi connectivity index (χ2n) is 7.16. The lowest BCUT2D eigenvalue weighted by atomic mass is 10.0. The van der Waals surface area contributed by atoms with Gasteiger partial charge in [-0.05, 0) is 59.1 Å². The number of hydrogen-bond acceptors (Lipinski definition) is 3. The van der Waals surface area contributed by atoms with E-state index in [1.807, 2.05) is 14.0 Å². The van der Waals surface area contributed by atoms with Gasteiger partial charge in [-0.3, -0.25) is 9.67 Å². The summed E-state index contributed by atoms with van der Waals surface area (Å²) >= 11 is 0. The van der Waals surface area contributed by atoms with Crippen LogP contribution in [0.1, 0.15) is 50.4 Å². The third-order valence-corrected chi connectivity index (χ3v) is 5.02. The third-order valence-electron chi connectivity index (χ3n) is 5.02. The number of nitrogens with zero attached hydrogens (tertiary/aromatic N) is 4. The van der Waals surface area contributed by atoms with Crippen molar-refractivity contribution in [2.45, 2.75) is 65.5 Å². The van der Waals surface area contributed by atoms with Gasteiger partial charge in [0.15, 0.2) is 5.96 Å². The highest BCUT2D eigenvalue weighted by Crippen LogP contribution is 2.15. The molecule has 1 fully saturated rings. The summed E-state index contributed by atoms with van der Waals surface area (Å²) in [6, 6.07) is 2.87. The summed E-state index contributed by atoms with van der Waals surface area (Å²) in [6.07, 6.45) is 6.30. The highest BCUT2D eigenvalue weighted by Gasteiger charge is 2.17. The van der Waals surface area contributed by atoms with Crippen LogP contribution in [0.4, 0.5) is 0 Å². The van der Waals surface area contributed by atoms with Gasteiger partial charge >= 0.3 is 0 Å². The summed E-state index contributed by atoms with van der Waals surface area (Å²) < 4.78 is 2.08. The predicted octanol–water partition coefficient (Wildman–Crippen LogP) is 2.94. The zero-order valence-electron chi connectivity index (χ0n) is 16.9. The zero-order valence-corrected chi connectivity index (χ0v) is 19.3. The van der Waals surface area contributed by atoms with Gasteiger partial charge in [0.1, 0.15) is 0 Å². The van der Waals surface area contributed by atoms with E-state index in [1.54, 1.807) is 0 Å². The Labute approximate surface area is 176 Å². The van der Waals surface area contributed by atoms with E-state index >= 15 is 0 Å². The molecule has 1 atom stereocenters. The smallest absolute Gasteiger partial charge is 0.190 e. The molecule has 0 bridgehead atoms. The van der Waals surface area contributed by atoms with Crippen LogP contribution >= 0.6 is 24.0 Å². The maximum atomic E-state index is 4.50. The Bertz CT molecular complexity index is 542. The van der Waals surface area contributed by atoms with Crippen molar-refractivity contribution in [1.82, 2.24) is 25.3 Å². The van der Waals surface area contributed by atoms with Gasteiger partial charge in [0, 0.05) is 45.0 Å². The fourth-order valence-electron chi connectivity index (χ4n) is 3.54. The molecule has 150 valence electrons. The number of aryl methyl sites for hydroxylation is 3. The standard InChI is InChI=1S/C19H36N6.HI/c1-16-15-18(3)25(23-16)14-8-11-22-19(20-4)21-10-7-13-24-12-6-5-9-17(24)2;/h15,17H,5-14H2,1-4H3,(H2,20,21,22);1H. The fourth-order valence-corrected chi connectivity index (χ4v) is 3.54. The van der Waals surface area contributed by atoms with E-state index in [-0.39, 0.29) is 24.0 Å². The van der Waals surface area contributed by atoms with Gasteiger partial charge in [0.2, 0.25) is 0 Å². The molecule has 6 nitrogen and oxygen atoms in total.